The first-order valence-electron chi connectivity index (χ1n) is 9.98. The first-order valence-corrected chi connectivity index (χ1v) is 9.98. The highest BCUT2D eigenvalue weighted by atomic mass is 16.5. The van der Waals surface area contributed by atoms with E-state index < -0.39 is 30.4 Å². The summed E-state index contributed by atoms with van der Waals surface area (Å²) in [4.78, 5) is 10.4. The zero-order chi connectivity index (χ0) is 20.8. The zero-order valence-corrected chi connectivity index (χ0v) is 16.6. The summed E-state index contributed by atoms with van der Waals surface area (Å²) in [6.07, 6.45) is 15.3. The third kappa shape index (κ3) is 10.6. The maximum absolute atomic E-state index is 10.4. The number of carbonyl (C=O) groups is 1. The Bertz CT molecular complexity index is 551. The highest BCUT2D eigenvalue weighted by molar-refractivity contribution is 5.66. The van der Waals surface area contributed by atoms with Crippen molar-refractivity contribution in [2.45, 2.75) is 82.4 Å². The van der Waals surface area contributed by atoms with Crippen molar-refractivity contribution < 1.29 is 30.0 Å². The normalized spacial score (nSPS) is 25.5. The van der Waals surface area contributed by atoms with Crippen molar-refractivity contribution in [3.8, 4) is 0 Å². The SMILES string of the molecule is CC/C=C\C[C@@H]1O[C@H]([C@H](O)/C=C/[C@H](O)C/C=C\C/C=C\CCC(=O)O)C[C@H]1O. The van der Waals surface area contributed by atoms with Crippen LogP contribution in [-0.4, -0.2) is 56.9 Å². The molecular weight excluding hydrogens is 360 g/mol. The second-order valence-electron chi connectivity index (χ2n) is 6.92. The van der Waals surface area contributed by atoms with E-state index in [-0.39, 0.29) is 12.5 Å². The lowest BCUT2D eigenvalue weighted by Gasteiger charge is -2.16. The summed E-state index contributed by atoms with van der Waals surface area (Å²) in [5.41, 5.74) is 0. The van der Waals surface area contributed by atoms with Gasteiger partial charge in [-0.3, -0.25) is 4.79 Å². The van der Waals surface area contributed by atoms with E-state index in [4.69, 9.17) is 9.84 Å². The molecule has 6 nitrogen and oxygen atoms in total. The smallest absolute Gasteiger partial charge is 0.303 e. The van der Waals surface area contributed by atoms with Crippen LogP contribution in [0.25, 0.3) is 0 Å². The molecule has 0 radical (unpaired) electrons. The van der Waals surface area contributed by atoms with Gasteiger partial charge in [-0.25, -0.2) is 0 Å². The molecule has 0 amide bonds. The molecule has 1 heterocycles. The van der Waals surface area contributed by atoms with Gasteiger partial charge in [0.05, 0.1) is 30.5 Å². The molecule has 0 bridgehead atoms. The standard InChI is InChI=1S/C22H34O6/c1-2-3-8-12-20-19(25)16-21(28-20)18(24)15-14-17(23)11-9-6-4-5-7-10-13-22(26)27/h3,5-9,14-15,17-21,23-25H,2,4,10-13,16H2,1H3,(H,26,27)/b7-5-,8-3-,9-6-,15-14+/t17-,18-,19-,20+,21+/m1/s1. The van der Waals surface area contributed by atoms with E-state index in [2.05, 4.69) is 0 Å². The lowest BCUT2D eigenvalue weighted by molar-refractivity contribution is -0.136. The van der Waals surface area contributed by atoms with Crippen LogP contribution in [0, 0.1) is 0 Å². The fourth-order valence-corrected chi connectivity index (χ4v) is 2.87. The van der Waals surface area contributed by atoms with Crippen LogP contribution < -0.4 is 0 Å². The van der Waals surface area contributed by atoms with Gasteiger partial charge in [0.25, 0.3) is 0 Å². The van der Waals surface area contributed by atoms with E-state index in [0.717, 1.165) is 6.42 Å². The minimum atomic E-state index is -0.870. The van der Waals surface area contributed by atoms with Crippen LogP contribution in [0.4, 0.5) is 0 Å². The maximum atomic E-state index is 10.4. The van der Waals surface area contributed by atoms with Crippen molar-refractivity contribution in [1.29, 1.82) is 0 Å². The Hall–Kier alpha value is -1.73. The molecule has 4 N–H and O–H groups in total. The van der Waals surface area contributed by atoms with Crippen LogP contribution in [-0.2, 0) is 9.53 Å². The summed E-state index contributed by atoms with van der Waals surface area (Å²) in [7, 11) is 0. The summed E-state index contributed by atoms with van der Waals surface area (Å²) in [5.74, 6) is -0.807. The van der Waals surface area contributed by atoms with Crippen molar-refractivity contribution in [3.63, 3.8) is 0 Å². The monoisotopic (exact) mass is 394 g/mol. The van der Waals surface area contributed by atoms with Crippen LogP contribution >= 0.6 is 0 Å². The summed E-state index contributed by atoms with van der Waals surface area (Å²) >= 11 is 0. The molecule has 1 aliphatic heterocycles. The first-order chi connectivity index (χ1) is 13.4. The Morgan fingerprint density at radius 3 is 2.57 bits per heavy atom. The molecule has 1 saturated heterocycles. The maximum Gasteiger partial charge on any atom is 0.303 e. The van der Waals surface area contributed by atoms with Crippen LogP contribution in [0.2, 0.25) is 0 Å². The Balaban J connectivity index is 2.28. The number of aliphatic hydroxyl groups is 3. The lowest BCUT2D eigenvalue weighted by Crippen LogP contribution is -2.24. The molecule has 0 saturated carbocycles. The average Bonchev–Trinajstić information content (AvgIpc) is 3.02. The molecule has 0 aromatic heterocycles. The molecule has 1 fully saturated rings. The molecule has 0 aromatic rings. The van der Waals surface area contributed by atoms with E-state index in [1.54, 1.807) is 0 Å². The predicted molar refractivity (Wildman–Crippen MR) is 109 cm³/mol. The second kappa shape index (κ2) is 14.3. The summed E-state index contributed by atoms with van der Waals surface area (Å²) in [5, 5.41) is 38.7. The largest absolute Gasteiger partial charge is 0.481 e. The Labute approximate surface area is 167 Å². The molecule has 0 spiro atoms. The van der Waals surface area contributed by atoms with Crippen molar-refractivity contribution in [1.82, 2.24) is 0 Å². The quantitative estimate of drug-likeness (QED) is 0.358. The van der Waals surface area contributed by atoms with Gasteiger partial charge in [-0.2, -0.15) is 0 Å². The Kier molecular flexibility index (Phi) is 12.4. The third-order valence-electron chi connectivity index (χ3n) is 4.44. The van der Waals surface area contributed by atoms with Gasteiger partial charge in [0.15, 0.2) is 0 Å². The van der Waals surface area contributed by atoms with E-state index >= 15 is 0 Å². The van der Waals surface area contributed by atoms with Crippen molar-refractivity contribution in [2.24, 2.45) is 0 Å². The van der Waals surface area contributed by atoms with Gasteiger partial charge in [0.2, 0.25) is 0 Å². The fourth-order valence-electron chi connectivity index (χ4n) is 2.87. The molecule has 28 heavy (non-hydrogen) atoms. The van der Waals surface area contributed by atoms with Crippen LogP contribution in [0.3, 0.4) is 0 Å². The number of carboxylic acid groups (broad SMARTS) is 1. The van der Waals surface area contributed by atoms with Gasteiger partial charge < -0.3 is 25.2 Å². The Morgan fingerprint density at radius 2 is 1.86 bits per heavy atom. The zero-order valence-electron chi connectivity index (χ0n) is 16.6. The van der Waals surface area contributed by atoms with E-state index in [0.29, 0.717) is 32.1 Å². The van der Waals surface area contributed by atoms with E-state index in [9.17, 15) is 20.1 Å². The van der Waals surface area contributed by atoms with Crippen LogP contribution in [0.1, 0.15) is 51.9 Å². The van der Waals surface area contributed by atoms with Gasteiger partial charge in [0, 0.05) is 12.8 Å². The van der Waals surface area contributed by atoms with Crippen LogP contribution in [0.15, 0.2) is 48.6 Å². The van der Waals surface area contributed by atoms with Gasteiger partial charge in [0.1, 0.15) is 0 Å². The van der Waals surface area contributed by atoms with Gasteiger partial charge >= 0.3 is 5.97 Å². The van der Waals surface area contributed by atoms with Crippen molar-refractivity contribution in [3.05, 3.63) is 48.6 Å². The fraction of sp³-hybridized carbons (Fsp3) is 0.591. The van der Waals surface area contributed by atoms with Gasteiger partial charge in [-0.05, 0) is 32.1 Å². The van der Waals surface area contributed by atoms with Crippen LogP contribution in [0.5, 0.6) is 0 Å². The van der Waals surface area contributed by atoms with E-state index in [1.807, 2.05) is 43.4 Å². The summed E-state index contributed by atoms with van der Waals surface area (Å²) in [6, 6.07) is 0. The second-order valence-corrected chi connectivity index (χ2v) is 6.92. The highest BCUT2D eigenvalue weighted by Crippen LogP contribution is 2.26. The van der Waals surface area contributed by atoms with Gasteiger partial charge in [-0.15, -0.1) is 0 Å². The number of hydrogen-bond donors (Lipinski definition) is 4. The molecular formula is C22H34O6. The molecule has 158 valence electrons. The number of aliphatic hydroxyl groups excluding tert-OH is 3. The van der Waals surface area contributed by atoms with Gasteiger partial charge in [-0.1, -0.05) is 55.5 Å². The Morgan fingerprint density at radius 1 is 1.11 bits per heavy atom. The summed E-state index contributed by atoms with van der Waals surface area (Å²) < 4.78 is 5.73. The minimum Gasteiger partial charge on any atom is -0.481 e. The number of allylic oxidation sites excluding steroid dienone is 4. The van der Waals surface area contributed by atoms with Crippen molar-refractivity contribution >= 4 is 5.97 Å². The minimum absolute atomic E-state index is 0.129. The summed E-state index contributed by atoms with van der Waals surface area (Å²) in [6.45, 7) is 2.04. The third-order valence-corrected chi connectivity index (χ3v) is 4.44. The topological polar surface area (TPSA) is 107 Å². The average molecular weight is 395 g/mol. The number of rotatable bonds is 13. The first kappa shape index (κ1) is 24.3. The van der Waals surface area contributed by atoms with Crippen molar-refractivity contribution in [2.75, 3.05) is 0 Å². The molecule has 0 unspecified atom stereocenters. The molecule has 0 aromatic carbocycles. The van der Waals surface area contributed by atoms with E-state index in [1.165, 1.54) is 12.2 Å². The molecule has 1 aliphatic rings. The number of aliphatic carboxylic acids is 1. The molecule has 5 atom stereocenters. The number of hydrogen-bond acceptors (Lipinski definition) is 5. The molecule has 0 aliphatic carbocycles. The predicted octanol–water partition coefficient (Wildman–Crippen LogP) is 2.90. The molecule has 6 heteroatoms. The molecule has 1 rings (SSSR count). The lowest BCUT2D eigenvalue weighted by atomic mass is 10.0. The number of carboxylic acids is 1. The highest BCUT2D eigenvalue weighted by Gasteiger charge is 2.36. The number of ether oxygens (including phenoxy) is 1.